The third-order valence-corrected chi connectivity index (χ3v) is 4.55. The number of nitrogens with zero attached hydrogens (tertiary/aromatic N) is 2. The molecule has 1 aliphatic heterocycles. The fourth-order valence-corrected chi connectivity index (χ4v) is 3.20. The molecule has 2 aromatic rings. The number of hydrogen-bond acceptors (Lipinski definition) is 4. The van der Waals surface area contributed by atoms with Crippen molar-refractivity contribution >= 4 is 17.6 Å². The molecule has 0 saturated carbocycles. The average Bonchev–Trinajstić information content (AvgIpc) is 3.04. The zero-order valence-electron chi connectivity index (χ0n) is 12.0. The number of aromatic nitrogens is 1. The van der Waals surface area contributed by atoms with E-state index in [9.17, 15) is 9.90 Å². The largest absolute Gasteiger partial charge is 0.478 e. The molecule has 0 spiro atoms. The molecule has 1 aromatic carbocycles. The van der Waals surface area contributed by atoms with Crippen LogP contribution in [0.3, 0.4) is 0 Å². The van der Waals surface area contributed by atoms with E-state index in [1.54, 1.807) is 24.5 Å². The Labute approximate surface area is 133 Å². The van der Waals surface area contributed by atoms with E-state index in [1.807, 2.05) is 6.07 Å². The van der Waals surface area contributed by atoms with Gasteiger partial charge in [-0.2, -0.15) is 0 Å². The Bertz CT molecular complexity index is 649. The third-order valence-electron chi connectivity index (χ3n) is 4.19. The van der Waals surface area contributed by atoms with Crippen LogP contribution >= 0.6 is 11.6 Å². The van der Waals surface area contributed by atoms with Gasteiger partial charge in [0.2, 0.25) is 0 Å². The number of rotatable bonds is 4. The molecule has 1 saturated heterocycles. The van der Waals surface area contributed by atoms with Crippen molar-refractivity contribution in [3.05, 3.63) is 52.4 Å². The van der Waals surface area contributed by atoms with Crippen LogP contribution in [0.5, 0.6) is 0 Å². The van der Waals surface area contributed by atoms with E-state index >= 15 is 0 Å². The fraction of sp³-hybridized carbons (Fsp3) is 0.375. The highest BCUT2D eigenvalue weighted by Crippen LogP contribution is 2.29. The lowest BCUT2D eigenvalue weighted by molar-refractivity contribution is 0.0694. The minimum absolute atomic E-state index is 0.283. The fourth-order valence-electron chi connectivity index (χ4n) is 2.96. The normalized spacial score (nSPS) is 16.8. The van der Waals surface area contributed by atoms with Crippen LogP contribution in [0.2, 0.25) is 5.02 Å². The number of carbonyl (C=O) groups is 1. The molecule has 1 fully saturated rings. The van der Waals surface area contributed by atoms with Gasteiger partial charge in [-0.15, -0.1) is 0 Å². The molecular weight excluding hydrogens is 304 g/mol. The molecule has 22 heavy (non-hydrogen) atoms. The van der Waals surface area contributed by atoms with Crippen molar-refractivity contribution in [1.82, 2.24) is 10.1 Å². The highest BCUT2D eigenvalue weighted by Gasteiger charge is 2.24. The zero-order chi connectivity index (χ0) is 15.5. The standard InChI is InChI=1S/C16H17ClN2O3/c17-14-3-1-2-12(16(20)21)13(14)10-19-7-4-11(5-8-19)15-6-9-22-18-15/h1-3,6,9,11H,4-5,7-8,10H2,(H,20,21). The van der Waals surface area contributed by atoms with Crippen molar-refractivity contribution in [3.63, 3.8) is 0 Å². The maximum absolute atomic E-state index is 11.3. The Kier molecular flexibility index (Phi) is 4.45. The van der Waals surface area contributed by atoms with Gasteiger partial charge in [-0.05, 0) is 43.6 Å². The van der Waals surface area contributed by atoms with Gasteiger partial charge in [0.15, 0.2) is 0 Å². The summed E-state index contributed by atoms with van der Waals surface area (Å²) in [4.78, 5) is 13.6. The first-order valence-corrected chi connectivity index (χ1v) is 7.66. The molecule has 2 heterocycles. The second-order valence-electron chi connectivity index (χ2n) is 5.55. The molecule has 3 rings (SSSR count). The number of halogens is 1. The molecule has 0 atom stereocenters. The number of carboxylic acid groups (broad SMARTS) is 1. The second kappa shape index (κ2) is 6.50. The number of piperidine rings is 1. The van der Waals surface area contributed by atoms with Crippen molar-refractivity contribution in [2.45, 2.75) is 25.3 Å². The van der Waals surface area contributed by atoms with Gasteiger partial charge in [0.1, 0.15) is 6.26 Å². The molecule has 1 aromatic heterocycles. The summed E-state index contributed by atoms with van der Waals surface area (Å²) < 4.78 is 4.90. The van der Waals surface area contributed by atoms with Crippen molar-refractivity contribution < 1.29 is 14.4 Å². The van der Waals surface area contributed by atoms with E-state index in [0.717, 1.165) is 31.6 Å². The van der Waals surface area contributed by atoms with Gasteiger partial charge in [0.05, 0.1) is 11.3 Å². The molecular formula is C16H17ClN2O3. The maximum Gasteiger partial charge on any atom is 0.336 e. The van der Waals surface area contributed by atoms with Crippen LogP contribution in [0.25, 0.3) is 0 Å². The summed E-state index contributed by atoms with van der Waals surface area (Å²) in [5, 5.41) is 13.8. The lowest BCUT2D eigenvalue weighted by Gasteiger charge is -2.31. The van der Waals surface area contributed by atoms with Gasteiger partial charge >= 0.3 is 5.97 Å². The Morgan fingerprint density at radius 1 is 1.36 bits per heavy atom. The van der Waals surface area contributed by atoms with Crippen molar-refractivity contribution in [3.8, 4) is 0 Å². The number of aromatic carboxylic acids is 1. The summed E-state index contributed by atoms with van der Waals surface area (Å²) >= 11 is 6.19. The zero-order valence-corrected chi connectivity index (χ0v) is 12.8. The molecule has 5 nitrogen and oxygen atoms in total. The van der Waals surface area contributed by atoms with Crippen molar-refractivity contribution in [2.75, 3.05) is 13.1 Å². The number of likely N-dealkylation sites (tertiary alicyclic amines) is 1. The predicted octanol–water partition coefficient (Wildman–Crippen LogP) is 3.41. The second-order valence-corrected chi connectivity index (χ2v) is 5.95. The summed E-state index contributed by atoms with van der Waals surface area (Å²) in [6.07, 6.45) is 3.57. The molecule has 0 amide bonds. The van der Waals surface area contributed by atoms with E-state index in [2.05, 4.69) is 10.1 Å². The molecule has 0 aliphatic carbocycles. The molecule has 0 bridgehead atoms. The van der Waals surface area contributed by atoms with Crippen LogP contribution < -0.4 is 0 Å². The molecule has 0 unspecified atom stereocenters. The van der Waals surface area contributed by atoms with Crippen molar-refractivity contribution in [1.29, 1.82) is 0 Å². The van der Waals surface area contributed by atoms with Gasteiger partial charge in [0, 0.05) is 23.6 Å². The van der Waals surface area contributed by atoms with E-state index < -0.39 is 5.97 Å². The molecule has 116 valence electrons. The minimum atomic E-state index is -0.935. The Balaban J connectivity index is 1.67. The first-order valence-electron chi connectivity index (χ1n) is 7.28. The van der Waals surface area contributed by atoms with Gasteiger partial charge in [-0.25, -0.2) is 4.79 Å². The van der Waals surface area contributed by atoms with E-state index in [1.165, 1.54) is 0 Å². The Hall–Kier alpha value is -1.85. The third kappa shape index (κ3) is 3.15. The maximum atomic E-state index is 11.3. The summed E-state index contributed by atoms with van der Waals surface area (Å²) in [5.41, 5.74) is 1.98. The van der Waals surface area contributed by atoms with Crippen LogP contribution in [-0.4, -0.2) is 34.2 Å². The number of carboxylic acids is 1. The van der Waals surface area contributed by atoms with Crippen LogP contribution in [0.4, 0.5) is 0 Å². The van der Waals surface area contributed by atoms with Gasteiger partial charge in [0.25, 0.3) is 0 Å². The smallest absolute Gasteiger partial charge is 0.336 e. The minimum Gasteiger partial charge on any atom is -0.478 e. The van der Waals surface area contributed by atoms with Crippen LogP contribution in [0.15, 0.2) is 35.1 Å². The first-order chi connectivity index (χ1) is 10.6. The van der Waals surface area contributed by atoms with E-state index in [0.29, 0.717) is 23.0 Å². The Morgan fingerprint density at radius 2 is 2.14 bits per heavy atom. The van der Waals surface area contributed by atoms with Crippen LogP contribution in [0, 0.1) is 0 Å². The SMILES string of the molecule is O=C(O)c1cccc(Cl)c1CN1CCC(c2ccon2)CC1. The predicted molar refractivity (Wildman–Crippen MR) is 82.2 cm³/mol. The lowest BCUT2D eigenvalue weighted by Crippen LogP contribution is -2.33. The van der Waals surface area contributed by atoms with E-state index in [4.69, 9.17) is 16.1 Å². The summed E-state index contributed by atoms with van der Waals surface area (Å²) in [5.74, 6) is -0.518. The molecule has 1 aliphatic rings. The Morgan fingerprint density at radius 3 is 2.77 bits per heavy atom. The summed E-state index contributed by atoms with van der Waals surface area (Å²) in [7, 11) is 0. The first kappa shape index (κ1) is 15.1. The van der Waals surface area contributed by atoms with E-state index in [-0.39, 0.29) is 5.56 Å². The van der Waals surface area contributed by atoms with Gasteiger partial charge < -0.3 is 9.63 Å². The quantitative estimate of drug-likeness (QED) is 0.935. The number of benzene rings is 1. The molecule has 6 heteroatoms. The van der Waals surface area contributed by atoms with Crippen LogP contribution in [0.1, 0.15) is 40.4 Å². The highest BCUT2D eigenvalue weighted by molar-refractivity contribution is 6.31. The number of hydrogen-bond donors (Lipinski definition) is 1. The summed E-state index contributed by atoms with van der Waals surface area (Å²) in [6.45, 7) is 2.34. The molecule has 0 radical (unpaired) electrons. The van der Waals surface area contributed by atoms with Gasteiger partial charge in [-0.1, -0.05) is 22.8 Å². The highest BCUT2D eigenvalue weighted by atomic mass is 35.5. The monoisotopic (exact) mass is 320 g/mol. The van der Waals surface area contributed by atoms with Gasteiger partial charge in [-0.3, -0.25) is 4.90 Å². The van der Waals surface area contributed by atoms with Crippen LogP contribution in [-0.2, 0) is 6.54 Å². The topological polar surface area (TPSA) is 66.6 Å². The molecule has 1 N–H and O–H groups in total. The summed E-state index contributed by atoms with van der Waals surface area (Å²) in [6, 6.07) is 6.93. The lowest BCUT2D eigenvalue weighted by atomic mass is 9.93. The average molecular weight is 321 g/mol. The van der Waals surface area contributed by atoms with Crippen molar-refractivity contribution in [2.24, 2.45) is 0 Å².